The lowest BCUT2D eigenvalue weighted by atomic mass is 10.1. The summed E-state index contributed by atoms with van der Waals surface area (Å²) in [7, 11) is 1.24. The molecule has 2 aromatic rings. The Hall–Kier alpha value is -1.18. The van der Waals surface area contributed by atoms with Crippen LogP contribution in [0, 0.1) is 17.1 Å². The summed E-state index contributed by atoms with van der Waals surface area (Å²) >= 11 is 3.28. The number of hydrogen-bond acceptors (Lipinski definition) is 5. The second kappa shape index (κ2) is 6.72. The van der Waals surface area contributed by atoms with Gasteiger partial charge >= 0.3 is 0 Å². The fourth-order valence-electron chi connectivity index (χ4n) is 1.83. The van der Waals surface area contributed by atoms with Gasteiger partial charge in [0.2, 0.25) is 5.78 Å². The predicted octanol–water partition coefficient (Wildman–Crippen LogP) is 4.58. The Morgan fingerprint density at radius 2 is 2.24 bits per heavy atom. The number of ketones is 1. The highest BCUT2D eigenvalue weighted by Crippen LogP contribution is 2.33. The van der Waals surface area contributed by atoms with Gasteiger partial charge in [0, 0.05) is 48.0 Å². The number of rotatable bonds is 5. The fourth-order valence-corrected chi connectivity index (χ4v) is 3.92. The Bertz CT molecular complexity index is 782. The van der Waals surface area contributed by atoms with Crippen molar-refractivity contribution in [3.8, 4) is 6.07 Å². The smallest absolute Gasteiger partial charge is 0.220 e. The number of benzene rings is 1. The van der Waals surface area contributed by atoms with Gasteiger partial charge in [0.05, 0.1) is 16.8 Å². The molecule has 0 fully saturated rings. The molecule has 0 spiro atoms. The monoisotopic (exact) mass is 433 g/mol. The van der Waals surface area contributed by atoms with Gasteiger partial charge < -0.3 is 4.72 Å². The van der Waals surface area contributed by atoms with E-state index in [1.54, 1.807) is 28.4 Å². The van der Waals surface area contributed by atoms with Crippen LogP contribution in [0.5, 0.6) is 0 Å². The zero-order valence-corrected chi connectivity index (χ0v) is 14.6. The van der Waals surface area contributed by atoms with E-state index in [0.717, 1.165) is 0 Å². The van der Waals surface area contributed by atoms with Crippen LogP contribution in [-0.2, 0) is 0 Å². The summed E-state index contributed by atoms with van der Waals surface area (Å²) < 4.78 is 18.4. The third kappa shape index (κ3) is 3.04. The van der Waals surface area contributed by atoms with Crippen LogP contribution in [0.25, 0.3) is 10.9 Å². The van der Waals surface area contributed by atoms with Crippen LogP contribution in [0.2, 0.25) is 0 Å². The summed E-state index contributed by atoms with van der Waals surface area (Å²) in [5.74, 6) is -0.864. The Morgan fingerprint density at radius 3 is 2.81 bits per heavy atom. The molecule has 0 aliphatic rings. The quantitative estimate of drug-likeness (QED) is 0.246. The minimum Gasteiger partial charge on any atom is -0.328 e. The molecule has 21 heavy (non-hydrogen) atoms. The van der Waals surface area contributed by atoms with Crippen LogP contribution >= 0.6 is 42.3 Å². The van der Waals surface area contributed by atoms with Gasteiger partial charge in [-0.1, -0.05) is 18.5 Å². The highest BCUT2D eigenvalue weighted by molar-refractivity contribution is 14.2. The van der Waals surface area contributed by atoms with Crippen molar-refractivity contribution in [2.24, 2.45) is 0 Å². The average molecular weight is 433 g/mol. The minimum absolute atomic E-state index is 0.146. The number of nitrogens with one attached hydrogen (secondary N) is 1. The Kier molecular flexibility index (Phi) is 5.18. The number of hydrogen-bond donors (Lipinski definition) is 1. The third-order valence-electron chi connectivity index (χ3n) is 2.77. The second-order valence-corrected chi connectivity index (χ2v) is 6.31. The third-order valence-corrected chi connectivity index (χ3v) is 4.91. The first-order valence-electron chi connectivity index (χ1n) is 5.60. The molecular weight excluding hydrogens is 424 g/mol. The molecule has 0 unspecified atom stereocenters. The predicted molar refractivity (Wildman–Crippen MR) is 95.1 cm³/mol. The number of carbonyl (C=O) groups is 1. The summed E-state index contributed by atoms with van der Waals surface area (Å²) in [5.41, 5.74) is 1.08. The summed E-state index contributed by atoms with van der Waals surface area (Å²) in [4.78, 5) is 12.1. The molecule has 4 nitrogen and oxygen atoms in total. The van der Waals surface area contributed by atoms with Crippen LogP contribution in [0.15, 0.2) is 30.4 Å². The highest BCUT2D eigenvalue weighted by atomic mass is 127. The van der Waals surface area contributed by atoms with Gasteiger partial charge in [0.1, 0.15) is 17.6 Å². The number of anilines is 1. The highest BCUT2D eigenvalue weighted by Gasteiger charge is 2.19. The van der Waals surface area contributed by atoms with E-state index in [1.165, 1.54) is 27.1 Å². The van der Waals surface area contributed by atoms with Gasteiger partial charge in [-0.3, -0.25) is 8.77 Å². The molecule has 1 aromatic carbocycles. The van der Waals surface area contributed by atoms with E-state index < -0.39 is 11.6 Å². The van der Waals surface area contributed by atoms with Crippen LogP contribution in [0.1, 0.15) is 10.5 Å². The lowest BCUT2D eigenvalue weighted by Crippen LogP contribution is -2.05. The SMILES string of the molecule is C=C(C#N)C(=O)c1cc2cc(NSC)c(F)cc2n1SI. The fraction of sp³-hybridized carbons (Fsp3) is 0.0769. The average Bonchev–Trinajstić information content (AvgIpc) is 2.83. The molecule has 0 atom stereocenters. The number of nitriles is 1. The molecule has 2 rings (SSSR count). The Morgan fingerprint density at radius 1 is 1.52 bits per heavy atom. The maximum absolute atomic E-state index is 14.0. The first-order valence-corrected chi connectivity index (χ1v) is 10.1. The van der Waals surface area contributed by atoms with Gasteiger partial charge in [-0.05, 0) is 12.1 Å². The van der Waals surface area contributed by atoms with Crippen molar-refractivity contribution in [2.75, 3.05) is 11.0 Å². The molecule has 108 valence electrons. The molecule has 0 amide bonds. The van der Waals surface area contributed by atoms with Crippen LogP contribution < -0.4 is 4.72 Å². The van der Waals surface area contributed by atoms with Crippen molar-refractivity contribution in [3.05, 3.63) is 41.9 Å². The molecule has 1 heterocycles. The van der Waals surface area contributed by atoms with Gasteiger partial charge in [-0.25, -0.2) is 4.39 Å². The van der Waals surface area contributed by atoms with Crippen molar-refractivity contribution >= 4 is 64.6 Å². The van der Waals surface area contributed by atoms with E-state index in [1.807, 2.05) is 21.2 Å². The van der Waals surface area contributed by atoms with Crippen molar-refractivity contribution in [1.29, 1.82) is 5.26 Å². The van der Waals surface area contributed by atoms with Crippen molar-refractivity contribution in [1.82, 2.24) is 3.97 Å². The lowest BCUT2D eigenvalue weighted by molar-refractivity contribution is 0.103. The number of carbonyl (C=O) groups excluding carboxylic acids is 1. The zero-order valence-electron chi connectivity index (χ0n) is 10.8. The second-order valence-electron chi connectivity index (χ2n) is 4.01. The van der Waals surface area contributed by atoms with Crippen molar-refractivity contribution < 1.29 is 9.18 Å². The van der Waals surface area contributed by atoms with E-state index in [0.29, 0.717) is 22.3 Å². The van der Waals surface area contributed by atoms with Gasteiger partial charge in [-0.2, -0.15) is 5.26 Å². The van der Waals surface area contributed by atoms with E-state index in [-0.39, 0.29) is 5.57 Å². The number of halogens is 2. The van der Waals surface area contributed by atoms with Crippen LogP contribution in [0.4, 0.5) is 10.1 Å². The molecule has 1 N–H and O–H groups in total. The molecule has 1 aromatic heterocycles. The van der Waals surface area contributed by atoms with E-state index in [2.05, 4.69) is 11.3 Å². The summed E-state index contributed by atoms with van der Waals surface area (Å²) in [5, 5.41) is 9.52. The van der Waals surface area contributed by atoms with Crippen molar-refractivity contribution in [2.45, 2.75) is 0 Å². The molecule has 0 bridgehead atoms. The number of allylic oxidation sites excluding steroid dienone is 1. The molecule has 0 aliphatic carbocycles. The number of aromatic nitrogens is 1. The van der Waals surface area contributed by atoms with Crippen molar-refractivity contribution in [3.63, 3.8) is 0 Å². The van der Waals surface area contributed by atoms with Gasteiger partial charge in [0.25, 0.3) is 0 Å². The summed E-state index contributed by atoms with van der Waals surface area (Å²) in [6.07, 6.45) is 1.79. The van der Waals surface area contributed by atoms with Crippen LogP contribution in [0.3, 0.4) is 0 Å². The van der Waals surface area contributed by atoms with Gasteiger partial charge in [0.15, 0.2) is 0 Å². The number of Topliss-reactive ketones (excluding diaryl/α,β-unsaturated/α-hetero) is 1. The minimum atomic E-state index is -0.461. The number of nitrogens with zero attached hydrogens (tertiary/aromatic N) is 2. The molecule has 0 radical (unpaired) electrons. The van der Waals surface area contributed by atoms with E-state index in [4.69, 9.17) is 5.26 Å². The van der Waals surface area contributed by atoms with E-state index in [9.17, 15) is 9.18 Å². The maximum atomic E-state index is 14.0. The summed E-state index contributed by atoms with van der Waals surface area (Å²) in [6, 6.07) is 6.38. The van der Waals surface area contributed by atoms with Crippen LogP contribution in [-0.4, -0.2) is 16.0 Å². The standard InChI is InChI=1S/C13H9FIN3OS2/c1-7(6-16)13(19)12-4-8-3-10(17-20-2)9(14)5-11(8)18(12)21-15/h3-5,17H,1H2,2H3. The normalized spacial score (nSPS) is 10.4. The largest absolute Gasteiger partial charge is 0.328 e. The molecule has 0 saturated heterocycles. The molecule has 8 heteroatoms. The Labute approximate surface area is 141 Å². The zero-order chi connectivity index (χ0) is 15.6. The molecule has 0 saturated carbocycles. The number of fused-ring (bicyclic) bond motifs is 1. The Balaban J connectivity index is 2.66. The first-order chi connectivity index (χ1) is 10.0. The first kappa shape index (κ1) is 16.2. The maximum Gasteiger partial charge on any atom is 0.220 e. The van der Waals surface area contributed by atoms with Gasteiger partial charge in [-0.15, -0.1) is 0 Å². The lowest BCUT2D eigenvalue weighted by Gasteiger charge is -2.06. The van der Waals surface area contributed by atoms with E-state index >= 15 is 0 Å². The topological polar surface area (TPSA) is 57.8 Å². The molecular formula is C13H9FIN3OS2. The molecule has 0 aliphatic heterocycles. The summed E-state index contributed by atoms with van der Waals surface area (Å²) in [6.45, 7) is 3.43.